The smallest absolute Gasteiger partial charge is 0.254 e. The molecule has 1 saturated heterocycles. The minimum Gasteiger partial charge on any atom is -0.441 e. The van der Waals surface area contributed by atoms with Crippen molar-refractivity contribution in [3.05, 3.63) is 71.7 Å². The molecule has 6 heteroatoms. The number of nitrogens with zero attached hydrogens (tertiary/aromatic N) is 2. The van der Waals surface area contributed by atoms with E-state index in [0.717, 1.165) is 42.8 Å². The van der Waals surface area contributed by atoms with E-state index < -0.39 is 0 Å². The van der Waals surface area contributed by atoms with Crippen LogP contribution in [-0.2, 0) is 11.2 Å². The second-order valence-electron chi connectivity index (χ2n) is 7.86. The number of hydrogen-bond acceptors (Lipinski definition) is 4. The van der Waals surface area contributed by atoms with E-state index in [2.05, 4.69) is 10.3 Å². The molecule has 3 aromatic rings. The average molecular weight is 418 g/mol. The number of aromatic nitrogens is 1. The van der Waals surface area contributed by atoms with Gasteiger partial charge in [-0.3, -0.25) is 9.59 Å². The summed E-state index contributed by atoms with van der Waals surface area (Å²) in [6.45, 7) is 3.50. The highest BCUT2D eigenvalue weighted by Crippen LogP contribution is 2.23. The van der Waals surface area contributed by atoms with Crippen LogP contribution in [0.3, 0.4) is 0 Å². The molecule has 1 aromatic heterocycles. The summed E-state index contributed by atoms with van der Waals surface area (Å²) in [6, 6.07) is 15.3. The van der Waals surface area contributed by atoms with Crippen LogP contribution in [-0.4, -0.2) is 34.8 Å². The molecule has 31 heavy (non-hydrogen) atoms. The minimum atomic E-state index is -0.0799. The Hall–Kier alpha value is -3.41. The molecule has 0 spiro atoms. The molecule has 2 heterocycles. The molecule has 4 rings (SSSR count). The normalized spacial score (nSPS) is 13.4. The molecular formula is C25H27N3O3. The van der Waals surface area contributed by atoms with Crippen LogP contribution in [0.25, 0.3) is 11.3 Å². The fourth-order valence-corrected chi connectivity index (χ4v) is 3.87. The Morgan fingerprint density at radius 2 is 1.84 bits per heavy atom. The number of hydrogen-bond donors (Lipinski definition) is 1. The van der Waals surface area contributed by atoms with E-state index in [1.165, 1.54) is 0 Å². The van der Waals surface area contributed by atoms with Gasteiger partial charge in [0.15, 0.2) is 11.7 Å². The van der Waals surface area contributed by atoms with Crippen molar-refractivity contribution in [2.45, 2.75) is 39.0 Å². The quantitative estimate of drug-likeness (QED) is 0.596. The molecule has 0 atom stereocenters. The first-order valence-corrected chi connectivity index (χ1v) is 10.8. The predicted octanol–water partition coefficient (Wildman–Crippen LogP) is 4.85. The van der Waals surface area contributed by atoms with E-state index >= 15 is 0 Å². The summed E-state index contributed by atoms with van der Waals surface area (Å²) in [4.78, 5) is 31.4. The number of amides is 2. The number of benzene rings is 2. The topological polar surface area (TPSA) is 75.4 Å². The van der Waals surface area contributed by atoms with E-state index in [0.29, 0.717) is 36.4 Å². The monoisotopic (exact) mass is 417 g/mol. The van der Waals surface area contributed by atoms with Gasteiger partial charge in [-0.2, -0.15) is 0 Å². The van der Waals surface area contributed by atoms with E-state index in [1.807, 2.05) is 60.4 Å². The molecule has 1 N–H and O–H groups in total. The van der Waals surface area contributed by atoms with Crippen LogP contribution in [0.2, 0.25) is 0 Å². The lowest BCUT2D eigenvalue weighted by Crippen LogP contribution is -2.28. The maximum atomic E-state index is 12.7. The van der Waals surface area contributed by atoms with Crippen molar-refractivity contribution < 1.29 is 14.0 Å². The van der Waals surface area contributed by atoms with Crippen molar-refractivity contribution >= 4 is 17.5 Å². The van der Waals surface area contributed by atoms with Gasteiger partial charge in [0.1, 0.15) is 0 Å². The van der Waals surface area contributed by atoms with Crippen LogP contribution in [0, 0.1) is 6.92 Å². The van der Waals surface area contributed by atoms with Gasteiger partial charge in [-0.25, -0.2) is 4.98 Å². The lowest BCUT2D eigenvalue weighted by Gasteiger charge is -2.18. The summed E-state index contributed by atoms with van der Waals surface area (Å²) < 4.78 is 5.79. The third-order valence-corrected chi connectivity index (χ3v) is 5.64. The Balaban J connectivity index is 1.31. The van der Waals surface area contributed by atoms with Crippen LogP contribution >= 0.6 is 0 Å². The fraction of sp³-hybridized carbons (Fsp3) is 0.320. The molecule has 0 saturated carbocycles. The molecule has 0 bridgehead atoms. The van der Waals surface area contributed by atoms with Crippen molar-refractivity contribution in [2.75, 3.05) is 18.4 Å². The van der Waals surface area contributed by atoms with Crippen LogP contribution in [0.5, 0.6) is 0 Å². The molecule has 1 fully saturated rings. The van der Waals surface area contributed by atoms with Crippen molar-refractivity contribution in [3.63, 3.8) is 0 Å². The lowest BCUT2D eigenvalue weighted by atomic mass is 10.1. The molecule has 2 amide bonds. The largest absolute Gasteiger partial charge is 0.441 e. The molecule has 160 valence electrons. The van der Waals surface area contributed by atoms with E-state index in [-0.39, 0.29) is 11.8 Å². The van der Waals surface area contributed by atoms with Crippen LogP contribution in [0.1, 0.15) is 47.5 Å². The SMILES string of the molecule is Cc1c(NC(=O)CCCc2ncc(-c3ccccc3)o2)cccc1C(=O)N1CCCC1. The Labute approximate surface area is 182 Å². The average Bonchev–Trinajstić information content (AvgIpc) is 3.48. The first kappa shape index (κ1) is 20.8. The molecular weight excluding hydrogens is 390 g/mol. The van der Waals surface area contributed by atoms with Crippen molar-refractivity contribution in [2.24, 2.45) is 0 Å². The number of aryl methyl sites for hydroxylation is 1. The Morgan fingerprint density at radius 3 is 2.61 bits per heavy atom. The number of anilines is 1. The molecule has 1 aliphatic rings. The van der Waals surface area contributed by atoms with Gasteiger partial charge < -0.3 is 14.6 Å². The van der Waals surface area contributed by atoms with Crippen LogP contribution < -0.4 is 5.32 Å². The highest BCUT2D eigenvalue weighted by molar-refractivity contribution is 5.99. The zero-order chi connectivity index (χ0) is 21.6. The maximum Gasteiger partial charge on any atom is 0.254 e. The van der Waals surface area contributed by atoms with Crippen molar-refractivity contribution in [1.29, 1.82) is 0 Å². The summed E-state index contributed by atoms with van der Waals surface area (Å²) in [5.41, 5.74) is 3.15. The molecule has 0 radical (unpaired) electrons. The molecule has 1 aliphatic heterocycles. The fourth-order valence-electron chi connectivity index (χ4n) is 3.87. The minimum absolute atomic E-state index is 0.0456. The highest BCUT2D eigenvalue weighted by atomic mass is 16.4. The third kappa shape index (κ3) is 5.02. The van der Waals surface area contributed by atoms with Gasteiger partial charge in [-0.05, 0) is 43.9 Å². The second kappa shape index (κ2) is 9.60. The van der Waals surface area contributed by atoms with Crippen LogP contribution in [0.4, 0.5) is 5.69 Å². The van der Waals surface area contributed by atoms with E-state index in [1.54, 1.807) is 6.20 Å². The standard InChI is InChI=1S/C25H27N3O3/c1-18-20(25(30)28-15-5-6-16-28)11-7-12-21(18)27-23(29)13-8-14-24-26-17-22(31-24)19-9-3-2-4-10-19/h2-4,7,9-12,17H,5-6,8,13-16H2,1H3,(H,27,29). The Morgan fingerprint density at radius 1 is 1.06 bits per heavy atom. The molecule has 0 aliphatic carbocycles. The van der Waals surface area contributed by atoms with Gasteiger partial charge in [0.2, 0.25) is 5.91 Å². The molecule has 2 aromatic carbocycles. The first-order valence-electron chi connectivity index (χ1n) is 10.8. The second-order valence-corrected chi connectivity index (χ2v) is 7.86. The summed E-state index contributed by atoms with van der Waals surface area (Å²) in [7, 11) is 0. The van der Waals surface area contributed by atoms with Gasteiger partial charge in [0.25, 0.3) is 5.91 Å². The van der Waals surface area contributed by atoms with Crippen LogP contribution in [0.15, 0.2) is 59.1 Å². The van der Waals surface area contributed by atoms with E-state index in [4.69, 9.17) is 4.42 Å². The third-order valence-electron chi connectivity index (χ3n) is 5.64. The van der Waals surface area contributed by atoms with Gasteiger partial charge in [0, 0.05) is 42.7 Å². The highest BCUT2D eigenvalue weighted by Gasteiger charge is 2.22. The van der Waals surface area contributed by atoms with Crippen molar-refractivity contribution in [3.8, 4) is 11.3 Å². The van der Waals surface area contributed by atoms with Gasteiger partial charge in [-0.1, -0.05) is 36.4 Å². The van der Waals surface area contributed by atoms with Gasteiger partial charge in [0.05, 0.1) is 6.20 Å². The Kier molecular flexibility index (Phi) is 6.46. The molecule has 6 nitrogen and oxygen atoms in total. The number of rotatable bonds is 7. The number of carbonyl (C=O) groups excluding carboxylic acids is 2. The Bertz CT molecular complexity index is 1050. The number of likely N-dealkylation sites (tertiary alicyclic amines) is 1. The van der Waals surface area contributed by atoms with E-state index in [9.17, 15) is 9.59 Å². The summed E-state index contributed by atoms with van der Waals surface area (Å²) in [5, 5.41) is 2.95. The lowest BCUT2D eigenvalue weighted by molar-refractivity contribution is -0.116. The zero-order valence-corrected chi connectivity index (χ0v) is 17.8. The zero-order valence-electron chi connectivity index (χ0n) is 17.8. The molecule has 0 unspecified atom stereocenters. The van der Waals surface area contributed by atoms with Crippen molar-refractivity contribution in [1.82, 2.24) is 9.88 Å². The first-order chi connectivity index (χ1) is 15.1. The number of carbonyl (C=O) groups is 2. The maximum absolute atomic E-state index is 12.7. The predicted molar refractivity (Wildman–Crippen MR) is 120 cm³/mol. The summed E-state index contributed by atoms with van der Waals surface area (Å²) in [5.74, 6) is 1.32. The summed E-state index contributed by atoms with van der Waals surface area (Å²) >= 11 is 0. The van der Waals surface area contributed by atoms with Gasteiger partial charge in [-0.15, -0.1) is 0 Å². The van der Waals surface area contributed by atoms with Gasteiger partial charge >= 0.3 is 0 Å². The number of nitrogens with one attached hydrogen (secondary N) is 1. The number of oxazole rings is 1. The summed E-state index contributed by atoms with van der Waals surface area (Å²) in [6.07, 6.45) is 5.40.